The molecule has 4 rings (SSSR count). The van der Waals surface area contributed by atoms with E-state index in [4.69, 9.17) is 5.73 Å². The molecular weight excluding hydrogens is 372 g/mol. The van der Waals surface area contributed by atoms with Gasteiger partial charge in [-0.1, -0.05) is 30.3 Å². The third-order valence-corrected chi connectivity index (χ3v) is 4.21. The number of benzene rings is 1. The third-order valence-electron chi connectivity index (χ3n) is 4.21. The number of H-pyrrole nitrogens is 2. The highest BCUT2D eigenvalue weighted by Crippen LogP contribution is 2.13. The minimum absolute atomic E-state index is 0.150. The molecule has 0 atom stereocenters. The van der Waals surface area contributed by atoms with Crippen LogP contribution in [-0.2, 0) is 13.1 Å². The maximum Gasteiger partial charge on any atom is 0.278 e. The van der Waals surface area contributed by atoms with Crippen LogP contribution in [0.2, 0.25) is 0 Å². The van der Waals surface area contributed by atoms with E-state index in [9.17, 15) is 9.59 Å². The van der Waals surface area contributed by atoms with Gasteiger partial charge in [-0.3, -0.25) is 25.0 Å². The second-order valence-corrected chi connectivity index (χ2v) is 6.22. The molecule has 1 amide bonds. The fourth-order valence-corrected chi connectivity index (χ4v) is 2.79. The second-order valence-electron chi connectivity index (χ2n) is 6.22. The van der Waals surface area contributed by atoms with Gasteiger partial charge in [0.1, 0.15) is 5.82 Å². The zero-order valence-electron chi connectivity index (χ0n) is 15.3. The van der Waals surface area contributed by atoms with Crippen molar-refractivity contribution in [3.05, 3.63) is 82.2 Å². The predicted octanol–water partition coefficient (Wildman–Crippen LogP) is 0.851. The van der Waals surface area contributed by atoms with Crippen molar-refractivity contribution in [1.29, 1.82) is 0 Å². The van der Waals surface area contributed by atoms with Crippen molar-refractivity contribution in [3.63, 3.8) is 0 Å². The quantitative estimate of drug-likeness (QED) is 0.357. The average molecular weight is 390 g/mol. The number of nitrogens with one attached hydrogen (secondary N) is 3. The molecular formula is C19H18N8O2. The first kappa shape index (κ1) is 18.3. The molecule has 0 bridgehead atoms. The molecule has 3 aromatic heterocycles. The van der Waals surface area contributed by atoms with E-state index in [1.807, 2.05) is 30.3 Å². The van der Waals surface area contributed by atoms with Gasteiger partial charge in [0.25, 0.3) is 11.5 Å². The van der Waals surface area contributed by atoms with Gasteiger partial charge in [0.15, 0.2) is 11.2 Å². The van der Waals surface area contributed by atoms with Crippen LogP contribution in [-0.4, -0.2) is 30.8 Å². The van der Waals surface area contributed by atoms with Crippen LogP contribution in [0.3, 0.4) is 0 Å². The van der Waals surface area contributed by atoms with Crippen molar-refractivity contribution in [3.8, 4) is 0 Å². The Morgan fingerprint density at radius 2 is 1.83 bits per heavy atom. The highest BCUT2D eigenvalue weighted by molar-refractivity contribution is 5.94. The molecule has 0 spiro atoms. The van der Waals surface area contributed by atoms with Crippen LogP contribution in [0.1, 0.15) is 21.7 Å². The topological polar surface area (TPSA) is 146 Å². The van der Waals surface area contributed by atoms with Gasteiger partial charge < -0.3 is 10.7 Å². The van der Waals surface area contributed by atoms with E-state index in [-0.39, 0.29) is 36.1 Å². The molecule has 0 saturated carbocycles. The van der Waals surface area contributed by atoms with Crippen molar-refractivity contribution in [1.82, 2.24) is 30.3 Å². The summed E-state index contributed by atoms with van der Waals surface area (Å²) in [5.41, 5.74) is 9.75. The van der Waals surface area contributed by atoms with Crippen molar-refractivity contribution in [2.75, 3.05) is 5.01 Å². The van der Waals surface area contributed by atoms with Crippen molar-refractivity contribution >= 4 is 23.0 Å². The zero-order chi connectivity index (χ0) is 20.2. The number of nitrogens with zero attached hydrogens (tertiary/aromatic N) is 4. The lowest BCUT2D eigenvalue weighted by atomic mass is 10.2. The van der Waals surface area contributed by atoms with Crippen LogP contribution in [0.4, 0.5) is 5.95 Å². The molecule has 146 valence electrons. The smallest absolute Gasteiger partial charge is 0.278 e. The number of anilines is 1. The molecule has 0 saturated heterocycles. The highest BCUT2D eigenvalue weighted by Gasteiger charge is 2.18. The van der Waals surface area contributed by atoms with Crippen LogP contribution in [0, 0.1) is 0 Å². The maximum atomic E-state index is 12.7. The van der Waals surface area contributed by atoms with E-state index in [0.717, 1.165) is 5.56 Å². The first-order chi connectivity index (χ1) is 14.1. The van der Waals surface area contributed by atoms with Crippen molar-refractivity contribution in [2.45, 2.75) is 13.1 Å². The van der Waals surface area contributed by atoms with E-state index in [0.29, 0.717) is 11.4 Å². The largest absolute Gasteiger partial charge is 0.335 e. The number of aromatic amines is 2. The number of amides is 1. The van der Waals surface area contributed by atoms with Crippen LogP contribution >= 0.6 is 0 Å². The van der Waals surface area contributed by atoms with E-state index in [2.05, 4.69) is 30.3 Å². The fraction of sp³-hybridized carbons (Fsp3) is 0.105. The third kappa shape index (κ3) is 3.96. The van der Waals surface area contributed by atoms with E-state index in [1.165, 1.54) is 17.4 Å². The number of hydrogen-bond donors (Lipinski definition) is 4. The van der Waals surface area contributed by atoms with Crippen LogP contribution in [0.15, 0.2) is 59.7 Å². The Bertz CT molecular complexity index is 1190. The Balaban J connectivity index is 1.72. The lowest BCUT2D eigenvalue weighted by Crippen LogP contribution is -2.43. The number of hydrogen-bond acceptors (Lipinski definition) is 7. The minimum atomic E-state index is -0.409. The maximum absolute atomic E-state index is 12.7. The first-order valence-electron chi connectivity index (χ1n) is 8.85. The molecule has 5 N–H and O–H groups in total. The van der Waals surface area contributed by atoms with E-state index < -0.39 is 5.56 Å². The minimum Gasteiger partial charge on any atom is -0.335 e. The number of rotatable bonds is 6. The SMILES string of the molecule is NCc1nc2nc(N(Cc3ccccc3)NC(=O)c3ccncc3)[nH]c(=O)c2[nH]1. The summed E-state index contributed by atoms with van der Waals surface area (Å²) in [7, 11) is 0. The molecule has 29 heavy (non-hydrogen) atoms. The zero-order valence-corrected chi connectivity index (χ0v) is 15.3. The van der Waals surface area contributed by atoms with E-state index >= 15 is 0 Å². The van der Waals surface area contributed by atoms with Gasteiger partial charge in [-0.2, -0.15) is 4.98 Å². The molecule has 0 aliphatic heterocycles. The molecule has 0 radical (unpaired) electrons. The normalized spacial score (nSPS) is 10.8. The van der Waals surface area contributed by atoms with E-state index in [1.54, 1.807) is 12.1 Å². The van der Waals surface area contributed by atoms with Crippen LogP contribution in [0.25, 0.3) is 11.2 Å². The summed E-state index contributed by atoms with van der Waals surface area (Å²) in [5.74, 6) is 0.241. The standard InChI is InChI=1S/C19H18N8O2/c20-10-14-22-15-16(23-14)24-19(25-18(15)29)27(11-12-4-2-1-3-5-12)26-17(28)13-6-8-21-9-7-13/h1-9H,10-11,20H2,(H,26,28)(H2,22,23,24,25,29). The molecule has 0 aliphatic rings. The van der Waals surface area contributed by atoms with Gasteiger partial charge in [-0.15, -0.1) is 0 Å². The summed E-state index contributed by atoms with van der Waals surface area (Å²) in [6.45, 7) is 0.428. The fourth-order valence-electron chi connectivity index (χ4n) is 2.79. The second kappa shape index (κ2) is 7.90. The Morgan fingerprint density at radius 3 is 2.55 bits per heavy atom. The van der Waals surface area contributed by atoms with Gasteiger partial charge in [-0.25, -0.2) is 9.99 Å². The molecule has 0 fully saturated rings. The number of fused-ring (bicyclic) bond motifs is 1. The van der Waals surface area contributed by atoms with Crippen molar-refractivity contribution in [2.24, 2.45) is 5.73 Å². The highest BCUT2D eigenvalue weighted by atomic mass is 16.2. The number of carbonyl (C=O) groups is 1. The van der Waals surface area contributed by atoms with Crippen molar-refractivity contribution < 1.29 is 4.79 Å². The summed E-state index contributed by atoms with van der Waals surface area (Å²) in [6, 6.07) is 12.7. The Kier molecular flexibility index (Phi) is 4.99. The number of hydrazine groups is 1. The monoisotopic (exact) mass is 390 g/mol. The number of aromatic nitrogens is 5. The first-order valence-corrected chi connectivity index (χ1v) is 8.85. The van der Waals surface area contributed by atoms with Gasteiger partial charge >= 0.3 is 0 Å². The number of nitrogens with two attached hydrogens (primary N) is 1. The summed E-state index contributed by atoms with van der Waals surface area (Å²) in [4.78, 5) is 43.2. The molecule has 10 nitrogen and oxygen atoms in total. The Morgan fingerprint density at radius 1 is 1.07 bits per heavy atom. The molecule has 1 aromatic carbocycles. The number of imidazole rings is 1. The van der Waals surface area contributed by atoms with Gasteiger partial charge in [0.05, 0.1) is 13.1 Å². The molecule has 4 aromatic rings. The van der Waals surface area contributed by atoms with Crippen LogP contribution < -0.4 is 21.7 Å². The average Bonchev–Trinajstić information content (AvgIpc) is 3.18. The van der Waals surface area contributed by atoms with Gasteiger partial charge in [0, 0.05) is 18.0 Å². The van der Waals surface area contributed by atoms with Gasteiger partial charge in [-0.05, 0) is 17.7 Å². The Labute approximate surface area is 164 Å². The lowest BCUT2D eigenvalue weighted by Gasteiger charge is -2.23. The van der Waals surface area contributed by atoms with Crippen LogP contribution in [0.5, 0.6) is 0 Å². The van der Waals surface area contributed by atoms with Gasteiger partial charge in [0.2, 0.25) is 5.95 Å². The number of pyridine rings is 1. The molecule has 3 heterocycles. The predicted molar refractivity (Wildman–Crippen MR) is 107 cm³/mol. The molecule has 0 unspecified atom stereocenters. The molecule has 0 aliphatic carbocycles. The number of carbonyl (C=O) groups excluding carboxylic acids is 1. The summed E-state index contributed by atoms with van der Waals surface area (Å²) >= 11 is 0. The Hall–Kier alpha value is -4.05. The summed E-state index contributed by atoms with van der Waals surface area (Å²) in [5, 5.41) is 1.47. The summed E-state index contributed by atoms with van der Waals surface area (Å²) < 4.78 is 0. The summed E-state index contributed by atoms with van der Waals surface area (Å²) in [6.07, 6.45) is 3.06. The lowest BCUT2D eigenvalue weighted by molar-refractivity contribution is 0.0947. The molecule has 10 heteroatoms.